The standard InChI is InChI=1S/C15H17N3O2/c1-17-10-16-7-12(17)9-18-8-11(6-15(19)20)13-4-2-3-5-14(13)18/h2-5,7,10-11H,6,8-9H2,1H3,(H,19,20). The summed E-state index contributed by atoms with van der Waals surface area (Å²) in [7, 11) is 1.97. The van der Waals surface area contributed by atoms with Crippen LogP contribution in [0.3, 0.4) is 0 Å². The maximum Gasteiger partial charge on any atom is 0.304 e. The van der Waals surface area contributed by atoms with Crippen molar-refractivity contribution in [1.82, 2.24) is 9.55 Å². The molecule has 0 saturated heterocycles. The second-order valence-corrected chi connectivity index (χ2v) is 5.23. The molecule has 5 heteroatoms. The molecule has 1 aliphatic rings. The van der Waals surface area contributed by atoms with Crippen LogP contribution in [0.25, 0.3) is 0 Å². The molecule has 3 rings (SSSR count). The molecule has 1 unspecified atom stereocenters. The molecule has 0 spiro atoms. The van der Waals surface area contributed by atoms with E-state index in [1.165, 1.54) is 0 Å². The van der Waals surface area contributed by atoms with Crippen LogP contribution in [0.1, 0.15) is 23.6 Å². The Balaban J connectivity index is 1.87. The number of carbonyl (C=O) groups is 1. The summed E-state index contributed by atoms with van der Waals surface area (Å²) in [6, 6.07) is 8.07. The molecule has 104 valence electrons. The minimum atomic E-state index is -0.743. The Labute approximate surface area is 117 Å². The molecule has 0 radical (unpaired) electrons. The van der Waals surface area contributed by atoms with Crippen molar-refractivity contribution in [2.75, 3.05) is 11.4 Å². The van der Waals surface area contributed by atoms with Gasteiger partial charge in [-0.25, -0.2) is 4.98 Å². The summed E-state index contributed by atoms with van der Waals surface area (Å²) in [6.45, 7) is 1.50. The molecule has 1 aromatic carbocycles. The summed E-state index contributed by atoms with van der Waals surface area (Å²) in [5.41, 5.74) is 3.40. The minimum absolute atomic E-state index is 0.0666. The highest BCUT2D eigenvalue weighted by Gasteiger charge is 2.30. The van der Waals surface area contributed by atoms with E-state index in [9.17, 15) is 4.79 Å². The fourth-order valence-electron chi connectivity index (χ4n) is 2.85. The van der Waals surface area contributed by atoms with Gasteiger partial charge in [0.05, 0.1) is 25.0 Å². The zero-order valence-corrected chi connectivity index (χ0v) is 11.4. The van der Waals surface area contributed by atoms with E-state index < -0.39 is 5.97 Å². The van der Waals surface area contributed by atoms with Gasteiger partial charge in [-0.2, -0.15) is 0 Å². The number of hydrogen-bond acceptors (Lipinski definition) is 3. The number of nitrogens with zero attached hydrogens (tertiary/aromatic N) is 3. The lowest BCUT2D eigenvalue weighted by Gasteiger charge is -2.19. The lowest BCUT2D eigenvalue weighted by Crippen LogP contribution is -2.23. The topological polar surface area (TPSA) is 58.4 Å². The summed E-state index contributed by atoms with van der Waals surface area (Å²) in [4.78, 5) is 17.4. The second kappa shape index (κ2) is 5.00. The van der Waals surface area contributed by atoms with E-state index in [1.807, 2.05) is 36.0 Å². The lowest BCUT2D eigenvalue weighted by molar-refractivity contribution is -0.137. The van der Waals surface area contributed by atoms with E-state index in [0.717, 1.165) is 30.0 Å². The number of carboxylic acid groups (broad SMARTS) is 1. The van der Waals surface area contributed by atoms with Gasteiger partial charge in [0, 0.05) is 31.4 Å². The average molecular weight is 271 g/mol. The monoisotopic (exact) mass is 271 g/mol. The SMILES string of the molecule is Cn1cncc1CN1CC(CC(=O)O)c2ccccc21. The van der Waals surface area contributed by atoms with E-state index in [2.05, 4.69) is 16.0 Å². The van der Waals surface area contributed by atoms with Gasteiger partial charge in [0.15, 0.2) is 0 Å². The number of anilines is 1. The van der Waals surface area contributed by atoms with Gasteiger partial charge in [-0.3, -0.25) is 4.79 Å². The molecule has 1 aromatic heterocycles. The number of benzene rings is 1. The van der Waals surface area contributed by atoms with Crippen molar-refractivity contribution in [3.8, 4) is 0 Å². The van der Waals surface area contributed by atoms with E-state index in [1.54, 1.807) is 6.33 Å². The predicted molar refractivity (Wildman–Crippen MR) is 75.7 cm³/mol. The van der Waals surface area contributed by atoms with Crippen molar-refractivity contribution in [3.05, 3.63) is 48.0 Å². The van der Waals surface area contributed by atoms with Crippen LogP contribution in [0.5, 0.6) is 0 Å². The summed E-state index contributed by atoms with van der Waals surface area (Å²) in [6.07, 6.45) is 3.82. The smallest absolute Gasteiger partial charge is 0.304 e. The summed E-state index contributed by atoms with van der Waals surface area (Å²) >= 11 is 0. The maximum atomic E-state index is 11.0. The lowest BCUT2D eigenvalue weighted by atomic mass is 9.98. The fourth-order valence-corrected chi connectivity index (χ4v) is 2.85. The number of aryl methyl sites for hydroxylation is 1. The Morgan fingerprint density at radius 3 is 2.95 bits per heavy atom. The molecule has 0 fully saturated rings. The highest BCUT2D eigenvalue weighted by Crippen LogP contribution is 2.38. The van der Waals surface area contributed by atoms with Crippen molar-refractivity contribution in [1.29, 1.82) is 0 Å². The number of aromatic nitrogens is 2. The van der Waals surface area contributed by atoms with E-state index in [0.29, 0.717) is 0 Å². The van der Waals surface area contributed by atoms with Crippen LogP contribution in [0.2, 0.25) is 0 Å². The van der Waals surface area contributed by atoms with Crippen molar-refractivity contribution >= 4 is 11.7 Å². The Bertz CT molecular complexity index is 636. The van der Waals surface area contributed by atoms with Gasteiger partial charge in [-0.1, -0.05) is 18.2 Å². The molecule has 0 aliphatic carbocycles. The number of para-hydroxylation sites is 1. The molecule has 2 heterocycles. The third kappa shape index (κ3) is 2.27. The van der Waals surface area contributed by atoms with Gasteiger partial charge in [-0.15, -0.1) is 0 Å². The van der Waals surface area contributed by atoms with Gasteiger partial charge in [0.1, 0.15) is 0 Å². The number of hydrogen-bond donors (Lipinski definition) is 1. The molecule has 1 N–H and O–H groups in total. The van der Waals surface area contributed by atoms with Crippen molar-refractivity contribution in [2.24, 2.45) is 7.05 Å². The maximum absolute atomic E-state index is 11.0. The first-order chi connectivity index (χ1) is 9.65. The Kier molecular flexibility index (Phi) is 3.18. The fraction of sp³-hybridized carbons (Fsp3) is 0.333. The van der Waals surface area contributed by atoms with Crippen LogP contribution in [0.4, 0.5) is 5.69 Å². The third-order valence-corrected chi connectivity index (χ3v) is 3.85. The Morgan fingerprint density at radius 2 is 2.25 bits per heavy atom. The first-order valence-corrected chi connectivity index (χ1v) is 6.66. The van der Waals surface area contributed by atoms with Gasteiger partial charge in [0.25, 0.3) is 0 Å². The van der Waals surface area contributed by atoms with Gasteiger partial charge < -0.3 is 14.6 Å². The molecular weight excluding hydrogens is 254 g/mol. The molecule has 0 bridgehead atoms. The Morgan fingerprint density at radius 1 is 1.45 bits per heavy atom. The highest BCUT2D eigenvalue weighted by molar-refractivity contribution is 5.71. The molecular formula is C15H17N3O2. The van der Waals surface area contributed by atoms with Crippen molar-refractivity contribution in [2.45, 2.75) is 18.9 Å². The van der Waals surface area contributed by atoms with E-state index >= 15 is 0 Å². The first kappa shape index (κ1) is 12.7. The Hall–Kier alpha value is -2.30. The molecule has 0 amide bonds. The highest BCUT2D eigenvalue weighted by atomic mass is 16.4. The summed E-state index contributed by atoms with van der Waals surface area (Å²) < 4.78 is 1.99. The number of imidazole rings is 1. The number of rotatable bonds is 4. The number of fused-ring (bicyclic) bond motifs is 1. The van der Waals surface area contributed by atoms with E-state index in [4.69, 9.17) is 5.11 Å². The molecule has 0 saturated carbocycles. The third-order valence-electron chi connectivity index (χ3n) is 3.85. The zero-order chi connectivity index (χ0) is 14.1. The molecule has 5 nitrogen and oxygen atoms in total. The van der Waals surface area contributed by atoms with Crippen molar-refractivity contribution < 1.29 is 9.90 Å². The molecule has 1 atom stereocenters. The van der Waals surface area contributed by atoms with Gasteiger partial charge in [-0.05, 0) is 11.6 Å². The average Bonchev–Trinajstić information content (AvgIpc) is 2.96. The molecule has 20 heavy (non-hydrogen) atoms. The summed E-state index contributed by atoms with van der Waals surface area (Å²) in [5.74, 6) is -0.677. The molecule has 1 aliphatic heterocycles. The largest absolute Gasteiger partial charge is 0.481 e. The van der Waals surface area contributed by atoms with Gasteiger partial charge >= 0.3 is 5.97 Å². The summed E-state index contributed by atoms with van der Waals surface area (Å²) in [5, 5.41) is 9.05. The quantitative estimate of drug-likeness (QED) is 0.924. The first-order valence-electron chi connectivity index (χ1n) is 6.66. The van der Waals surface area contributed by atoms with Crippen LogP contribution in [-0.4, -0.2) is 27.2 Å². The second-order valence-electron chi connectivity index (χ2n) is 5.23. The number of carboxylic acids is 1. The van der Waals surface area contributed by atoms with Crippen LogP contribution in [0.15, 0.2) is 36.8 Å². The zero-order valence-electron chi connectivity index (χ0n) is 11.4. The minimum Gasteiger partial charge on any atom is -0.481 e. The number of aliphatic carboxylic acids is 1. The normalized spacial score (nSPS) is 17.2. The van der Waals surface area contributed by atoms with Crippen LogP contribution < -0.4 is 4.90 Å². The predicted octanol–water partition coefficient (Wildman–Crippen LogP) is 2.00. The van der Waals surface area contributed by atoms with E-state index in [-0.39, 0.29) is 12.3 Å². The van der Waals surface area contributed by atoms with Gasteiger partial charge in [0.2, 0.25) is 0 Å². The molecule has 2 aromatic rings. The van der Waals surface area contributed by atoms with Crippen LogP contribution >= 0.6 is 0 Å². The van der Waals surface area contributed by atoms with Crippen LogP contribution in [0, 0.1) is 0 Å². The van der Waals surface area contributed by atoms with Crippen LogP contribution in [-0.2, 0) is 18.4 Å². The van der Waals surface area contributed by atoms with Crippen molar-refractivity contribution in [3.63, 3.8) is 0 Å².